The van der Waals surface area contributed by atoms with Crippen LogP contribution in [0.15, 0.2) is 70.1 Å². The van der Waals surface area contributed by atoms with Crippen molar-refractivity contribution in [3.05, 3.63) is 71.2 Å². The number of likely N-dealkylation sites (N-methyl/N-ethyl adjacent to an activating group) is 1. The van der Waals surface area contributed by atoms with Gasteiger partial charge in [-0.3, -0.25) is 4.90 Å². The second-order valence-corrected chi connectivity index (χ2v) is 8.34. The molecule has 5 rings (SSSR count). The number of thiophene rings is 1. The van der Waals surface area contributed by atoms with Crippen LogP contribution in [0.4, 0.5) is 0 Å². The minimum atomic E-state index is 0.822. The lowest BCUT2D eigenvalue weighted by atomic mass is 10.1. The summed E-state index contributed by atoms with van der Waals surface area (Å²) in [7, 11) is 2.18. The Bertz CT molecular complexity index is 1040. The van der Waals surface area contributed by atoms with E-state index in [0.717, 1.165) is 49.9 Å². The minimum Gasteiger partial charge on any atom is -0.463 e. The van der Waals surface area contributed by atoms with Gasteiger partial charge in [-0.1, -0.05) is 12.1 Å². The van der Waals surface area contributed by atoms with E-state index < -0.39 is 0 Å². The molecule has 0 bridgehead atoms. The van der Waals surface area contributed by atoms with E-state index in [9.17, 15) is 0 Å². The number of hydrogen-bond acceptors (Lipinski definition) is 5. The van der Waals surface area contributed by atoms with Crippen molar-refractivity contribution >= 4 is 11.3 Å². The fourth-order valence-electron chi connectivity index (χ4n) is 3.76. The monoisotopic (exact) mass is 404 g/mol. The third-order valence-corrected chi connectivity index (χ3v) is 6.20. The number of nitrogens with zero attached hydrogens (tertiary/aromatic N) is 4. The Labute approximate surface area is 174 Å². The summed E-state index contributed by atoms with van der Waals surface area (Å²) < 4.78 is 7.66. The second kappa shape index (κ2) is 7.99. The molecular weight excluding hydrogens is 380 g/mol. The number of piperazine rings is 1. The summed E-state index contributed by atoms with van der Waals surface area (Å²) >= 11 is 1.72. The van der Waals surface area contributed by atoms with Crippen molar-refractivity contribution in [3.63, 3.8) is 0 Å². The summed E-state index contributed by atoms with van der Waals surface area (Å²) in [5, 5.41) is 9.16. The van der Waals surface area contributed by atoms with Crippen molar-refractivity contribution in [2.45, 2.75) is 6.54 Å². The second-order valence-electron chi connectivity index (χ2n) is 7.56. The van der Waals surface area contributed by atoms with Crippen LogP contribution in [0.1, 0.15) is 5.56 Å². The van der Waals surface area contributed by atoms with Gasteiger partial charge in [0.2, 0.25) is 0 Å². The van der Waals surface area contributed by atoms with E-state index in [2.05, 4.69) is 64.1 Å². The van der Waals surface area contributed by atoms with Crippen molar-refractivity contribution in [1.29, 1.82) is 0 Å². The van der Waals surface area contributed by atoms with Crippen LogP contribution in [0, 0.1) is 0 Å². The average Bonchev–Trinajstić information content (AvgIpc) is 3.51. The third-order valence-electron chi connectivity index (χ3n) is 5.52. The molecule has 4 aromatic rings. The zero-order valence-corrected chi connectivity index (χ0v) is 17.3. The molecule has 1 aliphatic rings. The van der Waals surface area contributed by atoms with Gasteiger partial charge in [-0.15, -0.1) is 0 Å². The summed E-state index contributed by atoms with van der Waals surface area (Å²) in [6.07, 6.45) is 3.86. The van der Waals surface area contributed by atoms with Gasteiger partial charge in [0, 0.05) is 44.5 Å². The number of rotatable bonds is 5. The molecule has 0 saturated carbocycles. The van der Waals surface area contributed by atoms with E-state index in [1.54, 1.807) is 17.6 Å². The molecule has 0 unspecified atom stereocenters. The molecule has 0 radical (unpaired) electrons. The maximum atomic E-state index is 5.68. The van der Waals surface area contributed by atoms with E-state index in [1.165, 1.54) is 16.7 Å². The normalized spacial score (nSPS) is 15.8. The predicted molar refractivity (Wildman–Crippen MR) is 117 cm³/mol. The van der Waals surface area contributed by atoms with Gasteiger partial charge in [0.25, 0.3) is 0 Å². The van der Waals surface area contributed by atoms with Crippen LogP contribution in [0.5, 0.6) is 0 Å². The van der Waals surface area contributed by atoms with Gasteiger partial charge in [0.05, 0.1) is 12.0 Å². The van der Waals surface area contributed by atoms with Crippen molar-refractivity contribution in [3.8, 4) is 28.3 Å². The fraction of sp³-hybridized carbons (Fsp3) is 0.261. The molecule has 0 amide bonds. The Morgan fingerprint density at radius 1 is 1.00 bits per heavy atom. The fourth-order valence-corrected chi connectivity index (χ4v) is 4.43. The molecule has 1 aliphatic heterocycles. The van der Waals surface area contributed by atoms with Crippen LogP contribution in [0.2, 0.25) is 0 Å². The highest BCUT2D eigenvalue weighted by molar-refractivity contribution is 7.08. The summed E-state index contributed by atoms with van der Waals surface area (Å²) in [6, 6.07) is 14.6. The zero-order chi connectivity index (χ0) is 19.6. The summed E-state index contributed by atoms with van der Waals surface area (Å²) in [6.45, 7) is 5.25. The molecule has 0 spiro atoms. The van der Waals surface area contributed by atoms with E-state index in [1.807, 2.05) is 16.8 Å². The van der Waals surface area contributed by atoms with Gasteiger partial charge < -0.3 is 9.32 Å². The highest BCUT2D eigenvalue weighted by Crippen LogP contribution is 2.27. The lowest BCUT2D eigenvalue weighted by Gasteiger charge is -2.32. The molecule has 1 saturated heterocycles. The largest absolute Gasteiger partial charge is 0.463 e. The molecule has 29 heavy (non-hydrogen) atoms. The first-order chi connectivity index (χ1) is 14.3. The SMILES string of the molecule is CN1CCN(Cc2cn(-c3ccc(-c4ccsc4)cc3)nc2-c2ccco2)CC1. The summed E-state index contributed by atoms with van der Waals surface area (Å²) in [5.74, 6) is 0.822. The maximum Gasteiger partial charge on any atom is 0.154 e. The number of benzene rings is 1. The van der Waals surface area contributed by atoms with Crippen LogP contribution in [-0.2, 0) is 6.54 Å². The van der Waals surface area contributed by atoms with Crippen LogP contribution in [-0.4, -0.2) is 52.8 Å². The van der Waals surface area contributed by atoms with E-state index in [0.29, 0.717) is 0 Å². The van der Waals surface area contributed by atoms with Gasteiger partial charge in [0.1, 0.15) is 5.69 Å². The van der Waals surface area contributed by atoms with Crippen molar-refractivity contribution in [2.75, 3.05) is 33.2 Å². The van der Waals surface area contributed by atoms with Crippen molar-refractivity contribution in [1.82, 2.24) is 19.6 Å². The number of furan rings is 1. The van der Waals surface area contributed by atoms with E-state index in [4.69, 9.17) is 9.52 Å². The first kappa shape index (κ1) is 18.4. The topological polar surface area (TPSA) is 37.4 Å². The van der Waals surface area contributed by atoms with E-state index >= 15 is 0 Å². The Hall–Kier alpha value is -2.67. The third kappa shape index (κ3) is 3.92. The summed E-state index contributed by atoms with van der Waals surface area (Å²) in [5.41, 5.74) is 5.67. The first-order valence-corrected chi connectivity index (χ1v) is 10.9. The maximum absolute atomic E-state index is 5.68. The Kier molecular flexibility index (Phi) is 5.06. The number of aromatic nitrogens is 2. The lowest BCUT2D eigenvalue weighted by molar-refractivity contribution is 0.148. The molecular formula is C23H24N4OS. The van der Waals surface area contributed by atoms with Gasteiger partial charge in [-0.05, 0) is 59.3 Å². The first-order valence-electron chi connectivity index (χ1n) is 9.92. The Morgan fingerprint density at radius 3 is 2.52 bits per heavy atom. The summed E-state index contributed by atoms with van der Waals surface area (Å²) in [4.78, 5) is 4.87. The smallest absolute Gasteiger partial charge is 0.154 e. The standard InChI is InChI=1S/C23H24N4OS/c1-25-9-11-26(12-10-25)15-20-16-27(24-23(20)22-3-2-13-28-22)21-6-4-18(5-7-21)19-8-14-29-17-19/h2-8,13-14,16-17H,9-12,15H2,1H3. The quantitative estimate of drug-likeness (QED) is 0.487. The van der Waals surface area contributed by atoms with Crippen molar-refractivity contribution in [2.24, 2.45) is 0 Å². The lowest BCUT2D eigenvalue weighted by Crippen LogP contribution is -2.43. The average molecular weight is 405 g/mol. The Morgan fingerprint density at radius 2 is 1.83 bits per heavy atom. The highest BCUT2D eigenvalue weighted by Gasteiger charge is 2.20. The van der Waals surface area contributed by atoms with Crippen LogP contribution >= 0.6 is 11.3 Å². The molecule has 0 atom stereocenters. The van der Waals surface area contributed by atoms with Crippen molar-refractivity contribution < 1.29 is 4.42 Å². The van der Waals surface area contributed by atoms with Gasteiger partial charge >= 0.3 is 0 Å². The molecule has 0 N–H and O–H groups in total. The van der Waals surface area contributed by atoms with Crippen LogP contribution in [0.3, 0.4) is 0 Å². The minimum absolute atomic E-state index is 0.822. The van der Waals surface area contributed by atoms with Gasteiger partial charge in [0.15, 0.2) is 5.76 Å². The number of hydrogen-bond donors (Lipinski definition) is 0. The van der Waals surface area contributed by atoms with Gasteiger partial charge in [-0.25, -0.2) is 4.68 Å². The molecule has 6 heteroatoms. The molecule has 148 valence electrons. The zero-order valence-electron chi connectivity index (χ0n) is 16.5. The molecule has 4 heterocycles. The molecule has 1 aromatic carbocycles. The molecule has 5 nitrogen and oxygen atoms in total. The predicted octanol–water partition coefficient (Wildman–Crippen LogP) is 4.61. The van der Waals surface area contributed by atoms with Gasteiger partial charge in [-0.2, -0.15) is 16.4 Å². The molecule has 1 fully saturated rings. The molecule has 3 aromatic heterocycles. The van der Waals surface area contributed by atoms with Crippen LogP contribution in [0.25, 0.3) is 28.3 Å². The van der Waals surface area contributed by atoms with E-state index in [-0.39, 0.29) is 0 Å². The van der Waals surface area contributed by atoms with Crippen LogP contribution < -0.4 is 0 Å². The highest BCUT2D eigenvalue weighted by atomic mass is 32.1. The molecule has 0 aliphatic carbocycles. The Balaban J connectivity index is 1.44.